The number of ketones is 1. The van der Waals surface area contributed by atoms with E-state index in [1.165, 1.54) is 5.56 Å². The molecule has 0 bridgehead atoms. The Hall–Kier alpha value is -2.24. The van der Waals surface area contributed by atoms with Gasteiger partial charge in [-0.3, -0.25) is 9.59 Å². The van der Waals surface area contributed by atoms with Gasteiger partial charge in [0.2, 0.25) is 0 Å². The molecule has 4 nitrogen and oxygen atoms in total. The van der Waals surface area contributed by atoms with Crippen LogP contribution in [0.3, 0.4) is 0 Å². The molecule has 1 amide bonds. The maximum absolute atomic E-state index is 12.7. The Bertz CT molecular complexity index is 829. The zero-order valence-electron chi connectivity index (χ0n) is 16.3. The van der Waals surface area contributed by atoms with Gasteiger partial charge in [0.05, 0.1) is 6.04 Å². The predicted molar refractivity (Wildman–Crippen MR) is 116 cm³/mol. The van der Waals surface area contributed by atoms with Crippen LogP contribution in [0.15, 0.2) is 53.9 Å². The molecule has 5 heteroatoms. The maximum Gasteiger partial charge on any atom is 0.250 e. The first-order chi connectivity index (χ1) is 13.6. The number of allylic oxidation sites excluding steroid dienone is 1. The van der Waals surface area contributed by atoms with E-state index >= 15 is 0 Å². The van der Waals surface area contributed by atoms with Crippen LogP contribution < -0.4 is 10.6 Å². The monoisotopic (exact) mass is 396 g/mol. The maximum atomic E-state index is 12.7. The summed E-state index contributed by atoms with van der Waals surface area (Å²) in [6, 6.07) is 11.5. The molecule has 0 unspecified atom stereocenters. The molecule has 1 aromatic carbocycles. The minimum atomic E-state index is -0.479. The van der Waals surface area contributed by atoms with E-state index in [-0.39, 0.29) is 17.6 Å². The third-order valence-corrected chi connectivity index (χ3v) is 6.10. The Morgan fingerprint density at radius 2 is 2.07 bits per heavy atom. The van der Waals surface area contributed by atoms with Crippen molar-refractivity contribution in [3.63, 3.8) is 0 Å². The number of hydrogen-bond donors (Lipinski definition) is 1. The van der Waals surface area contributed by atoms with Crippen molar-refractivity contribution in [3.05, 3.63) is 64.4 Å². The molecule has 2 atom stereocenters. The largest absolute Gasteiger partial charge is 0.321 e. The van der Waals surface area contributed by atoms with Gasteiger partial charge in [-0.05, 0) is 47.9 Å². The molecule has 28 heavy (non-hydrogen) atoms. The number of carbonyl (C=O) groups excluding carboxylic acids is 2. The molecule has 2 N–H and O–H groups in total. The molecular weight excluding hydrogens is 368 g/mol. The Balaban J connectivity index is 1.59. The number of fused-ring (bicyclic) bond motifs is 1. The summed E-state index contributed by atoms with van der Waals surface area (Å²) in [4.78, 5) is 28.2. The molecule has 0 radical (unpaired) electrons. The fourth-order valence-corrected chi connectivity index (χ4v) is 4.45. The normalized spacial score (nSPS) is 15.6. The van der Waals surface area contributed by atoms with Gasteiger partial charge < -0.3 is 10.6 Å². The molecule has 0 spiro atoms. The van der Waals surface area contributed by atoms with Gasteiger partial charge in [0.1, 0.15) is 5.78 Å². The van der Waals surface area contributed by atoms with Crippen molar-refractivity contribution in [1.29, 1.82) is 0 Å². The van der Waals surface area contributed by atoms with Gasteiger partial charge in [0.15, 0.2) is 0 Å². The van der Waals surface area contributed by atoms with E-state index < -0.39 is 6.04 Å². The van der Waals surface area contributed by atoms with Gasteiger partial charge in [-0.1, -0.05) is 43.7 Å². The third kappa shape index (κ3) is 5.18. The SMILES string of the molecule is CCC[C@@H](/C=C/C(=O)N1CCc2ccccc21)CC(=O)[C@@H](N)Cc1cccs1. The highest BCUT2D eigenvalue weighted by Gasteiger charge is 2.23. The molecule has 2 heterocycles. The second kappa shape index (κ2) is 9.80. The first-order valence-corrected chi connectivity index (χ1v) is 10.8. The molecule has 1 aliphatic rings. The van der Waals surface area contributed by atoms with Crippen LogP contribution in [-0.2, 0) is 22.4 Å². The standard InChI is InChI=1S/C23H28N2O2S/c1-2-6-17(15-22(26)20(24)16-19-8-5-14-28-19)10-11-23(27)25-13-12-18-7-3-4-9-21(18)25/h3-5,7-11,14,17,20H,2,6,12-13,15-16,24H2,1H3/b11-10+/t17-,20-/m0/s1. The van der Waals surface area contributed by atoms with Crippen LogP contribution in [0.4, 0.5) is 5.69 Å². The van der Waals surface area contributed by atoms with Crippen LogP contribution in [0.25, 0.3) is 0 Å². The molecule has 1 aromatic heterocycles. The lowest BCUT2D eigenvalue weighted by molar-refractivity contribution is -0.121. The molecule has 3 rings (SSSR count). The number of carbonyl (C=O) groups is 2. The van der Waals surface area contributed by atoms with Crippen LogP contribution in [0.1, 0.15) is 36.6 Å². The molecule has 0 fully saturated rings. The minimum Gasteiger partial charge on any atom is -0.321 e. The highest BCUT2D eigenvalue weighted by Crippen LogP contribution is 2.27. The summed E-state index contributed by atoms with van der Waals surface area (Å²) in [5.41, 5.74) is 8.33. The number of hydrogen-bond acceptors (Lipinski definition) is 4. The van der Waals surface area contributed by atoms with E-state index in [2.05, 4.69) is 13.0 Å². The van der Waals surface area contributed by atoms with Gasteiger partial charge in [-0.2, -0.15) is 0 Å². The average Bonchev–Trinajstić information content (AvgIpc) is 3.35. The number of para-hydroxylation sites is 1. The summed E-state index contributed by atoms with van der Waals surface area (Å²) in [6.07, 6.45) is 7.25. The first-order valence-electron chi connectivity index (χ1n) is 9.96. The van der Waals surface area contributed by atoms with E-state index in [0.29, 0.717) is 19.4 Å². The van der Waals surface area contributed by atoms with Crippen molar-refractivity contribution in [3.8, 4) is 0 Å². The summed E-state index contributed by atoms with van der Waals surface area (Å²) in [5.74, 6) is 0.102. The Morgan fingerprint density at radius 1 is 1.25 bits per heavy atom. The van der Waals surface area contributed by atoms with Crippen LogP contribution in [-0.4, -0.2) is 24.3 Å². The summed E-state index contributed by atoms with van der Waals surface area (Å²) in [6.45, 7) is 2.81. The molecular formula is C23H28N2O2S. The fraction of sp³-hybridized carbons (Fsp3) is 0.391. The smallest absolute Gasteiger partial charge is 0.250 e. The van der Waals surface area contributed by atoms with E-state index in [1.54, 1.807) is 17.4 Å². The highest BCUT2D eigenvalue weighted by atomic mass is 32.1. The second-order valence-corrected chi connectivity index (χ2v) is 8.37. The van der Waals surface area contributed by atoms with E-state index in [1.807, 2.05) is 46.7 Å². The van der Waals surface area contributed by atoms with Gasteiger partial charge >= 0.3 is 0 Å². The first kappa shape index (κ1) is 20.5. The van der Waals surface area contributed by atoms with Crippen molar-refractivity contribution < 1.29 is 9.59 Å². The summed E-state index contributed by atoms with van der Waals surface area (Å²) >= 11 is 1.62. The quantitative estimate of drug-likeness (QED) is 0.648. The fourth-order valence-electron chi connectivity index (χ4n) is 3.68. The molecule has 0 saturated carbocycles. The van der Waals surface area contributed by atoms with Crippen molar-refractivity contribution in [2.75, 3.05) is 11.4 Å². The Labute approximate surface area is 171 Å². The predicted octanol–water partition coefficient (Wildman–Crippen LogP) is 4.14. The number of nitrogens with two attached hydrogens (primary N) is 1. The topological polar surface area (TPSA) is 63.4 Å². The number of Topliss-reactive ketones (excluding diaryl/α,β-unsaturated/α-hetero) is 1. The highest BCUT2D eigenvalue weighted by molar-refractivity contribution is 7.09. The molecule has 1 aliphatic heterocycles. The third-order valence-electron chi connectivity index (χ3n) is 5.20. The second-order valence-electron chi connectivity index (χ2n) is 7.34. The van der Waals surface area contributed by atoms with Crippen LogP contribution >= 0.6 is 11.3 Å². The van der Waals surface area contributed by atoms with Crippen molar-refractivity contribution in [2.45, 2.75) is 45.1 Å². The number of thiophene rings is 1. The molecule has 148 valence electrons. The lowest BCUT2D eigenvalue weighted by Gasteiger charge is -2.17. The average molecular weight is 397 g/mol. The number of benzene rings is 1. The zero-order chi connectivity index (χ0) is 19.9. The number of rotatable bonds is 9. The number of nitrogens with zero attached hydrogens (tertiary/aromatic N) is 1. The zero-order valence-corrected chi connectivity index (χ0v) is 17.2. The van der Waals surface area contributed by atoms with Crippen molar-refractivity contribution in [2.24, 2.45) is 11.7 Å². The van der Waals surface area contributed by atoms with Gasteiger partial charge in [0.25, 0.3) is 5.91 Å². The lowest BCUT2D eigenvalue weighted by Crippen LogP contribution is -2.33. The van der Waals surface area contributed by atoms with Crippen LogP contribution in [0.2, 0.25) is 0 Å². The summed E-state index contributed by atoms with van der Waals surface area (Å²) < 4.78 is 0. The van der Waals surface area contributed by atoms with Gasteiger partial charge in [-0.15, -0.1) is 11.3 Å². The lowest BCUT2D eigenvalue weighted by atomic mass is 9.93. The van der Waals surface area contributed by atoms with E-state index in [4.69, 9.17) is 5.73 Å². The number of anilines is 1. The van der Waals surface area contributed by atoms with Crippen LogP contribution in [0.5, 0.6) is 0 Å². The summed E-state index contributed by atoms with van der Waals surface area (Å²) in [7, 11) is 0. The molecule has 2 aromatic rings. The number of amides is 1. The van der Waals surface area contributed by atoms with E-state index in [9.17, 15) is 9.59 Å². The molecule has 0 aliphatic carbocycles. The van der Waals surface area contributed by atoms with E-state index in [0.717, 1.165) is 29.8 Å². The Morgan fingerprint density at radius 3 is 2.82 bits per heavy atom. The van der Waals surface area contributed by atoms with Crippen molar-refractivity contribution in [1.82, 2.24) is 0 Å². The van der Waals surface area contributed by atoms with Crippen molar-refractivity contribution >= 4 is 28.7 Å². The van der Waals surface area contributed by atoms with Gasteiger partial charge in [0, 0.05) is 30.0 Å². The van der Waals surface area contributed by atoms with Gasteiger partial charge in [-0.25, -0.2) is 0 Å². The van der Waals surface area contributed by atoms with Crippen LogP contribution in [0, 0.1) is 5.92 Å². The molecule has 0 saturated heterocycles. The summed E-state index contributed by atoms with van der Waals surface area (Å²) in [5, 5.41) is 2.00. The Kier molecular flexibility index (Phi) is 7.18. The minimum absolute atomic E-state index is 0.0126.